The van der Waals surface area contributed by atoms with E-state index in [1.54, 1.807) is 7.11 Å². The molecule has 2 N–H and O–H groups in total. The predicted molar refractivity (Wildman–Crippen MR) is 67.5 cm³/mol. The van der Waals surface area contributed by atoms with Crippen LogP contribution in [0.25, 0.3) is 0 Å². The van der Waals surface area contributed by atoms with E-state index in [0.29, 0.717) is 23.5 Å². The lowest BCUT2D eigenvalue weighted by molar-refractivity contribution is -0.0166. The van der Waals surface area contributed by atoms with Gasteiger partial charge in [-0.15, -0.1) is 0 Å². The number of aryl methyl sites for hydroxylation is 1. The van der Waals surface area contributed by atoms with Crippen molar-refractivity contribution in [2.75, 3.05) is 13.7 Å². The highest BCUT2D eigenvalue weighted by Crippen LogP contribution is 2.39. The number of aliphatic hydroxyl groups is 1. The first kappa shape index (κ1) is 13.2. The average molecular weight is 252 g/mol. The normalized spacial score (nSPS) is 18.2. The molecule has 5 heteroatoms. The van der Waals surface area contributed by atoms with Crippen molar-refractivity contribution in [2.45, 2.75) is 44.6 Å². The Kier molecular flexibility index (Phi) is 3.82. The molecule has 1 aliphatic rings. The Bertz CT molecular complexity index is 476. The van der Waals surface area contributed by atoms with Gasteiger partial charge >= 0.3 is 0 Å². The first-order valence-corrected chi connectivity index (χ1v) is 6.39. The van der Waals surface area contributed by atoms with Crippen LogP contribution >= 0.6 is 0 Å². The summed E-state index contributed by atoms with van der Waals surface area (Å²) in [5.74, 6) is 0.631. The van der Waals surface area contributed by atoms with Gasteiger partial charge in [0, 0.05) is 31.4 Å². The van der Waals surface area contributed by atoms with Crippen LogP contribution < -0.4 is 5.56 Å². The van der Waals surface area contributed by atoms with E-state index in [4.69, 9.17) is 9.84 Å². The Morgan fingerprint density at radius 1 is 1.44 bits per heavy atom. The first-order valence-electron chi connectivity index (χ1n) is 6.39. The van der Waals surface area contributed by atoms with E-state index in [2.05, 4.69) is 9.97 Å². The van der Waals surface area contributed by atoms with Gasteiger partial charge < -0.3 is 14.8 Å². The molecule has 0 aromatic carbocycles. The molecule has 0 spiro atoms. The minimum Gasteiger partial charge on any atom is -0.396 e. The van der Waals surface area contributed by atoms with Crippen LogP contribution in [0, 0.1) is 6.92 Å². The van der Waals surface area contributed by atoms with Gasteiger partial charge in [0.25, 0.3) is 5.56 Å². The van der Waals surface area contributed by atoms with E-state index in [1.807, 2.05) is 6.92 Å². The topological polar surface area (TPSA) is 75.2 Å². The summed E-state index contributed by atoms with van der Waals surface area (Å²) in [4.78, 5) is 19.3. The lowest BCUT2D eigenvalue weighted by Crippen LogP contribution is -2.32. The van der Waals surface area contributed by atoms with Gasteiger partial charge in [-0.3, -0.25) is 4.79 Å². The van der Waals surface area contributed by atoms with Crippen molar-refractivity contribution in [2.24, 2.45) is 0 Å². The Labute approximate surface area is 106 Å². The molecule has 0 unspecified atom stereocenters. The average Bonchev–Trinajstić information content (AvgIpc) is 2.83. The van der Waals surface area contributed by atoms with Crippen LogP contribution in [0.3, 0.4) is 0 Å². The third-order valence-corrected chi connectivity index (χ3v) is 3.82. The van der Waals surface area contributed by atoms with Gasteiger partial charge in [-0.2, -0.15) is 0 Å². The summed E-state index contributed by atoms with van der Waals surface area (Å²) in [5, 5.41) is 8.94. The number of hydrogen-bond donors (Lipinski definition) is 2. The van der Waals surface area contributed by atoms with Crippen LogP contribution in [0.15, 0.2) is 4.79 Å². The molecular weight excluding hydrogens is 232 g/mol. The summed E-state index contributed by atoms with van der Waals surface area (Å²) in [6, 6.07) is 0. The number of nitrogens with zero attached hydrogens (tertiary/aromatic N) is 1. The van der Waals surface area contributed by atoms with E-state index in [0.717, 1.165) is 25.7 Å². The van der Waals surface area contributed by atoms with Crippen molar-refractivity contribution in [3.05, 3.63) is 27.4 Å². The fourth-order valence-corrected chi connectivity index (χ4v) is 2.72. The largest absolute Gasteiger partial charge is 0.396 e. The predicted octanol–water partition coefficient (Wildman–Crippen LogP) is 1.03. The van der Waals surface area contributed by atoms with Crippen molar-refractivity contribution in [1.29, 1.82) is 0 Å². The molecule has 1 aromatic rings. The molecule has 0 aliphatic heterocycles. The molecule has 2 rings (SSSR count). The van der Waals surface area contributed by atoms with E-state index in [1.165, 1.54) is 0 Å². The number of nitrogens with one attached hydrogen (secondary N) is 1. The highest BCUT2D eigenvalue weighted by Gasteiger charge is 2.38. The molecule has 0 radical (unpaired) electrons. The molecule has 1 heterocycles. The van der Waals surface area contributed by atoms with Crippen LogP contribution in [0.4, 0.5) is 0 Å². The van der Waals surface area contributed by atoms with Crippen LogP contribution in [0.1, 0.15) is 42.8 Å². The number of ether oxygens (including phenoxy) is 1. The Balaban J connectivity index is 2.44. The second kappa shape index (κ2) is 5.20. The molecule has 1 saturated carbocycles. The van der Waals surface area contributed by atoms with E-state index < -0.39 is 5.60 Å². The summed E-state index contributed by atoms with van der Waals surface area (Å²) in [6.07, 6.45) is 4.31. The molecule has 0 saturated heterocycles. The highest BCUT2D eigenvalue weighted by molar-refractivity contribution is 5.19. The Morgan fingerprint density at radius 2 is 2.11 bits per heavy atom. The number of hydrogen-bond acceptors (Lipinski definition) is 4. The maximum atomic E-state index is 12.0. The molecular formula is C13H20N2O3. The molecule has 100 valence electrons. The molecule has 18 heavy (non-hydrogen) atoms. The van der Waals surface area contributed by atoms with Crippen molar-refractivity contribution in [3.8, 4) is 0 Å². The lowest BCUT2D eigenvalue weighted by atomic mass is 10.0. The number of H-pyrrole nitrogens is 1. The fraction of sp³-hybridized carbons (Fsp3) is 0.692. The van der Waals surface area contributed by atoms with Gasteiger partial charge in [-0.25, -0.2) is 4.98 Å². The Hall–Kier alpha value is -1.20. The zero-order valence-corrected chi connectivity index (χ0v) is 11.0. The second-order valence-electron chi connectivity index (χ2n) is 4.86. The Morgan fingerprint density at radius 3 is 2.61 bits per heavy atom. The highest BCUT2D eigenvalue weighted by atomic mass is 16.5. The summed E-state index contributed by atoms with van der Waals surface area (Å²) in [7, 11) is 1.67. The van der Waals surface area contributed by atoms with Gasteiger partial charge in [-0.1, -0.05) is 0 Å². The smallest absolute Gasteiger partial charge is 0.254 e. The molecule has 0 bridgehead atoms. The van der Waals surface area contributed by atoms with Crippen molar-refractivity contribution in [1.82, 2.24) is 9.97 Å². The minimum atomic E-state index is -0.429. The third-order valence-electron chi connectivity index (χ3n) is 3.82. The van der Waals surface area contributed by atoms with E-state index in [-0.39, 0.29) is 12.2 Å². The zero-order chi connectivity index (χ0) is 13.2. The maximum Gasteiger partial charge on any atom is 0.254 e. The quantitative estimate of drug-likeness (QED) is 0.839. The van der Waals surface area contributed by atoms with Crippen LogP contribution in [0.2, 0.25) is 0 Å². The van der Waals surface area contributed by atoms with Gasteiger partial charge in [0.2, 0.25) is 0 Å². The first-order chi connectivity index (χ1) is 8.63. The van der Waals surface area contributed by atoms with Gasteiger partial charge in [0.05, 0.1) is 0 Å². The number of rotatable bonds is 4. The van der Waals surface area contributed by atoms with Gasteiger partial charge in [0.15, 0.2) is 0 Å². The standard InChI is InChI=1S/C13H20N2O3/c1-9-10(5-8-16)11(17)15-12(14-9)13(18-2)6-3-4-7-13/h16H,3-8H2,1-2H3,(H,14,15,17). The van der Waals surface area contributed by atoms with Crippen LogP contribution in [0.5, 0.6) is 0 Å². The number of methoxy groups -OCH3 is 1. The van der Waals surface area contributed by atoms with Gasteiger partial charge in [0.1, 0.15) is 11.4 Å². The summed E-state index contributed by atoms with van der Waals surface area (Å²) in [5.41, 5.74) is 0.660. The monoisotopic (exact) mass is 252 g/mol. The van der Waals surface area contributed by atoms with Crippen LogP contribution in [-0.4, -0.2) is 28.8 Å². The summed E-state index contributed by atoms with van der Waals surface area (Å²) in [6.45, 7) is 1.77. The number of aromatic amines is 1. The minimum absolute atomic E-state index is 0.0413. The molecule has 1 aliphatic carbocycles. The fourth-order valence-electron chi connectivity index (χ4n) is 2.72. The number of aliphatic hydroxyl groups excluding tert-OH is 1. The maximum absolute atomic E-state index is 12.0. The molecule has 5 nitrogen and oxygen atoms in total. The molecule has 1 aromatic heterocycles. The van der Waals surface area contributed by atoms with Crippen molar-refractivity contribution < 1.29 is 9.84 Å². The molecule has 0 amide bonds. The molecule has 0 atom stereocenters. The van der Waals surface area contributed by atoms with E-state index in [9.17, 15) is 4.79 Å². The van der Waals surface area contributed by atoms with Crippen molar-refractivity contribution in [3.63, 3.8) is 0 Å². The molecule has 1 fully saturated rings. The summed E-state index contributed by atoms with van der Waals surface area (Å²) >= 11 is 0. The zero-order valence-electron chi connectivity index (χ0n) is 11.0. The lowest BCUT2D eigenvalue weighted by Gasteiger charge is -2.26. The van der Waals surface area contributed by atoms with E-state index >= 15 is 0 Å². The second-order valence-corrected chi connectivity index (χ2v) is 4.86. The van der Waals surface area contributed by atoms with Gasteiger partial charge in [-0.05, 0) is 32.6 Å². The van der Waals surface area contributed by atoms with Crippen molar-refractivity contribution >= 4 is 0 Å². The third kappa shape index (κ3) is 2.20. The summed E-state index contributed by atoms with van der Waals surface area (Å²) < 4.78 is 5.61. The number of aromatic nitrogens is 2. The van der Waals surface area contributed by atoms with Crippen LogP contribution in [-0.2, 0) is 16.8 Å². The SMILES string of the molecule is COC1(c2nc(C)c(CCO)c(=O)[nH]2)CCCC1.